The lowest BCUT2D eigenvalue weighted by Crippen LogP contribution is -1.85. The highest BCUT2D eigenvalue weighted by Gasteiger charge is 1.97. The minimum atomic E-state index is 0.387. The van der Waals surface area contributed by atoms with Crippen LogP contribution in [0.5, 0.6) is 0 Å². The summed E-state index contributed by atoms with van der Waals surface area (Å²) >= 11 is 0. The number of allylic oxidation sites excluding steroid dienone is 2. The Labute approximate surface area is 50.8 Å². The monoisotopic (exact) mass is 109 g/mol. The summed E-state index contributed by atoms with van der Waals surface area (Å²) in [7, 11) is 0. The Kier molecular flexibility index (Phi) is 2.95. The van der Waals surface area contributed by atoms with Crippen LogP contribution in [0.2, 0.25) is 0 Å². The molecular formula is C7H11N. The molecular weight excluding hydrogens is 98.1 g/mol. The first kappa shape index (κ1) is 7.23. The minimum Gasteiger partial charge on any atom is -0.243 e. The van der Waals surface area contributed by atoms with Gasteiger partial charge in [0, 0.05) is 0 Å². The maximum atomic E-state index is 6.65. The first-order chi connectivity index (χ1) is 3.72. The Morgan fingerprint density at radius 1 is 1.62 bits per heavy atom. The van der Waals surface area contributed by atoms with Crippen molar-refractivity contribution >= 4 is 0 Å². The highest BCUT2D eigenvalue weighted by Crippen LogP contribution is 2.08. The lowest BCUT2D eigenvalue weighted by atomic mass is 10.1. The molecule has 0 fully saturated rings. The topological polar surface area (TPSA) is 4.36 Å². The Morgan fingerprint density at radius 3 is 2.12 bits per heavy atom. The van der Waals surface area contributed by atoms with Crippen LogP contribution in [0.3, 0.4) is 0 Å². The van der Waals surface area contributed by atoms with Gasteiger partial charge in [0.1, 0.15) is 0 Å². The molecule has 0 atom stereocenters. The largest absolute Gasteiger partial charge is 0.243 e. The summed E-state index contributed by atoms with van der Waals surface area (Å²) in [4.78, 5) is 3.32. The minimum absolute atomic E-state index is 0.387. The third kappa shape index (κ3) is 1.79. The number of hydrogen-bond acceptors (Lipinski definition) is 0. The van der Waals surface area contributed by atoms with Crippen LogP contribution in [-0.2, 0) is 0 Å². The fourth-order valence-electron chi connectivity index (χ4n) is 0.527. The molecule has 0 aliphatic rings. The quantitative estimate of drug-likeness (QED) is 0.455. The average molecular weight is 109 g/mol. The summed E-state index contributed by atoms with van der Waals surface area (Å²) in [6.45, 7) is 12.6. The van der Waals surface area contributed by atoms with E-state index in [-0.39, 0.29) is 0 Å². The van der Waals surface area contributed by atoms with E-state index in [9.17, 15) is 0 Å². The third-order valence-electron chi connectivity index (χ3n) is 1.02. The van der Waals surface area contributed by atoms with E-state index in [0.717, 1.165) is 5.70 Å². The molecule has 0 heterocycles. The molecule has 8 heavy (non-hydrogen) atoms. The second-order valence-corrected chi connectivity index (χ2v) is 1.98. The molecule has 0 saturated carbocycles. The molecule has 0 saturated heterocycles. The molecule has 0 bridgehead atoms. The maximum Gasteiger partial charge on any atom is 0.163 e. The van der Waals surface area contributed by atoms with Crippen molar-refractivity contribution in [3.8, 4) is 0 Å². The van der Waals surface area contributed by atoms with Crippen LogP contribution in [0, 0.1) is 12.5 Å². The zero-order chi connectivity index (χ0) is 6.57. The number of hydrogen-bond donors (Lipinski definition) is 0. The van der Waals surface area contributed by atoms with Crippen LogP contribution >= 0.6 is 0 Å². The predicted molar refractivity (Wildman–Crippen MR) is 35.2 cm³/mol. The van der Waals surface area contributed by atoms with Gasteiger partial charge in [0.05, 0.1) is 6.57 Å². The Morgan fingerprint density at radius 2 is 2.12 bits per heavy atom. The van der Waals surface area contributed by atoms with Crippen molar-refractivity contribution in [3.05, 3.63) is 23.2 Å². The first-order valence-electron chi connectivity index (χ1n) is 2.76. The lowest BCUT2D eigenvalue weighted by molar-refractivity contribution is 0.788. The van der Waals surface area contributed by atoms with Gasteiger partial charge >= 0.3 is 0 Å². The van der Waals surface area contributed by atoms with Gasteiger partial charge in [-0.1, -0.05) is 26.8 Å². The van der Waals surface area contributed by atoms with Gasteiger partial charge in [-0.2, -0.15) is 0 Å². The van der Waals surface area contributed by atoms with E-state index in [1.807, 2.05) is 26.8 Å². The molecule has 0 N–H and O–H groups in total. The fraction of sp³-hybridized carbons (Fsp3) is 0.571. The second-order valence-electron chi connectivity index (χ2n) is 1.98. The summed E-state index contributed by atoms with van der Waals surface area (Å²) in [5.41, 5.74) is 0.852. The maximum absolute atomic E-state index is 6.65. The summed E-state index contributed by atoms with van der Waals surface area (Å²) in [5, 5.41) is 0. The lowest BCUT2D eigenvalue weighted by Gasteiger charge is -1.96. The molecule has 1 heteroatoms. The van der Waals surface area contributed by atoms with E-state index in [0.29, 0.717) is 5.92 Å². The van der Waals surface area contributed by atoms with Crippen LogP contribution in [0.15, 0.2) is 11.8 Å². The highest BCUT2D eigenvalue weighted by molar-refractivity contribution is 5.10. The average Bonchev–Trinajstić information content (AvgIpc) is 1.69. The molecule has 0 rings (SSSR count). The summed E-state index contributed by atoms with van der Waals surface area (Å²) < 4.78 is 0. The normalized spacial score (nSPS) is 11.6. The molecule has 0 spiro atoms. The zero-order valence-corrected chi connectivity index (χ0v) is 5.60. The standard InChI is InChI=1S/C7H11N/c1-5-7(8-4)6(2)3/h5-6H,1-3H3/b7-5+. The van der Waals surface area contributed by atoms with Gasteiger partial charge in [-0.25, -0.2) is 4.85 Å². The van der Waals surface area contributed by atoms with E-state index in [1.165, 1.54) is 0 Å². The predicted octanol–water partition coefficient (Wildman–Crippen LogP) is 2.47. The van der Waals surface area contributed by atoms with Gasteiger partial charge in [0.25, 0.3) is 0 Å². The molecule has 0 aliphatic heterocycles. The SMILES string of the molecule is [C-]#[N+]/C(=C/C)C(C)C. The van der Waals surface area contributed by atoms with Gasteiger partial charge in [-0.3, -0.25) is 0 Å². The Balaban J connectivity index is 3.98. The van der Waals surface area contributed by atoms with Gasteiger partial charge in [0.15, 0.2) is 5.70 Å². The van der Waals surface area contributed by atoms with Crippen molar-refractivity contribution in [2.24, 2.45) is 5.92 Å². The van der Waals surface area contributed by atoms with Crippen molar-refractivity contribution in [1.29, 1.82) is 0 Å². The summed E-state index contributed by atoms with van der Waals surface area (Å²) in [5.74, 6) is 0.387. The molecule has 0 radical (unpaired) electrons. The van der Waals surface area contributed by atoms with E-state index < -0.39 is 0 Å². The first-order valence-corrected chi connectivity index (χ1v) is 2.76. The Hall–Kier alpha value is -0.770. The smallest absolute Gasteiger partial charge is 0.163 e. The van der Waals surface area contributed by atoms with Crippen LogP contribution < -0.4 is 0 Å². The van der Waals surface area contributed by atoms with Gasteiger partial charge in [-0.15, -0.1) is 0 Å². The highest BCUT2D eigenvalue weighted by atomic mass is 14.7. The van der Waals surface area contributed by atoms with Gasteiger partial charge < -0.3 is 0 Å². The molecule has 0 aliphatic carbocycles. The van der Waals surface area contributed by atoms with E-state index in [4.69, 9.17) is 6.57 Å². The van der Waals surface area contributed by atoms with Crippen molar-refractivity contribution in [2.45, 2.75) is 20.8 Å². The van der Waals surface area contributed by atoms with Crippen molar-refractivity contribution < 1.29 is 0 Å². The third-order valence-corrected chi connectivity index (χ3v) is 1.02. The molecule has 44 valence electrons. The second kappa shape index (κ2) is 3.26. The van der Waals surface area contributed by atoms with Gasteiger partial charge in [-0.05, 0) is 5.92 Å². The van der Waals surface area contributed by atoms with Crippen LogP contribution in [0.4, 0.5) is 0 Å². The van der Waals surface area contributed by atoms with Crippen LogP contribution in [0.25, 0.3) is 4.85 Å². The zero-order valence-electron chi connectivity index (χ0n) is 5.60. The van der Waals surface area contributed by atoms with Crippen LogP contribution in [0.1, 0.15) is 20.8 Å². The number of nitrogens with zero attached hydrogens (tertiary/aromatic N) is 1. The van der Waals surface area contributed by atoms with E-state index in [2.05, 4.69) is 4.85 Å². The molecule has 0 aromatic rings. The van der Waals surface area contributed by atoms with Crippen LogP contribution in [-0.4, -0.2) is 0 Å². The Bertz CT molecular complexity index is 126. The van der Waals surface area contributed by atoms with Crippen molar-refractivity contribution in [3.63, 3.8) is 0 Å². The number of rotatable bonds is 1. The summed E-state index contributed by atoms with van der Waals surface area (Å²) in [6.07, 6.45) is 1.86. The van der Waals surface area contributed by atoms with Crippen molar-refractivity contribution in [1.82, 2.24) is 0 Å². The molecule has 0 amide bonds. The molecule has 1 nitrogen and oxygen atoms in total. The van der Waals surface area contributed by atoms with E-state index in [1.54, 1.807) is 0 Å². The summed E-state index contributed by atoms with van der Waals surface area (Å²) in [6, 6.07) is 0. The molecule has 0 aromatic heterocycles. The fourth-order valence-corrected chi connectivity index (χ4v) is 0.527. The molecule has 0 unspecified atom stereocenters. The van der Waals surface area contributed by atoms with Gasteiger partial charge in [0.2, 0.25) is 0 Å². The molecule has 0 aromatic carbocycles. The van der Waals surface area contributed by atoms with Crippen molar-refractivity contribution in [2.75, 3.05) is 0 Å². The van der Waals surface area contributed by atoms with E-state index >= 15 is 0 Å².